The van der Waals surface area contributed by atoms with Gasteiger partial charge in [-0.15, -0.1) is 11.8 Å². The van der Waals surface area contributed by atoms with E-state index in [1.165, 1.54) is 16.7 Å². The van der Waals surface area contributed by atoms with Gasteiger partial charge in [0, 0.05) is 10.3 Å². The van der Waals surface area contributed by atoms with Crippen molar-refractivity contribution in [2.45, 2.75) is 31.8 Å². The third kappa shape index (κ3) is 5.92. The summed E-state index contributed by atoms with van der Waals surface area (Å²) in [5.74, 6) is -1.34. The van der Waals surface area contributed by atoms with E-state index < -0.39 is 23.4 Å². The number of amides is 2. The van der Waals surface area contributed by atoms with Gasteiger partial charge in [-0.3, -0.25) is 14.4 Å². The maximum absolute atomic E-state index is 13.0. The van der Waals surface area contributed by atoms with Crippen LogP contribution in [0, 0.1) is 5.41 Å². The molecule has 1 aliphatic rings. The lowest BCUT2D eigenvalue weighted by Gasteiger charge is -2.33. The zero-order chi connectivity index (χ0) is 24.2. The summed E-state index contributed by atoms with van der Waals surface area (Å²) in [6.45, 7) is 4.95. The van der Waals surface area contributed by atoms with Crippen LogP contribution in [0.2, 0.25) is 0 Å². The minimum Gasteiger partial charge on any atom is -0.477 e. The van der Waals surface area contributed by atoms with Crippen LogP contribution in [0.4, 0.5) is 5.69 Å². The number of hydrogen-bond acceptors (Lipinski definition) is 7. The zero-order valence-electron chi connectivity index (χ0n) is 18.7. The highest BCUT2D eigenvalue weighted by molar-refractivity contribution is 8.00. The molecule has 0 aromatic heterocycles. The van der Waals surface area contributed by atoms with Gasteiger partial charge in [-0.1, -0.05) is 45.0 Å². The summed E-state index contributed by atoms with van der Waals surface area (Å²) in [6.07, 6.45) is -0.948. The van der Waals surface area contributed by atoms with Gasteiger partial charge in [0.05, 0.1) is 23.5 Å². The highest BCUT2D eigenvalue weighted by Crippen LogP contribution is 2.34. The Labute approximate surface area is 196 Å². The number of carbonyl (C=O) groups is 4. The van der Waals surface area contributed by atoms with Crippen molar-refractivity contribution in [1.82, 2.24) is 0 Å². The molecule has 0 unspecified atom stereocenters. The Morgan fingerprint density at radius 1 is 1.09 bits per heavy atom. The number of esters is 1. The SMILES string of the molecule is CC(C)(C)C(=O)COC(=O)c1ccccc1SCC(=O)N1C[C@@H](C(N)=O)Oc2ccccc21. The molecule has 0 radical (unpaired) electrons. The van der Waals surface area contributed by atoms with Gasteiger partial charge < -0.3 is 20.1 Å². The molecule has 2 aromatic carbocycles. The predicted molar refractivity (Wildman–Crippen MR) is 124 cm³/mol. The van der Waals surface area contributed by atoms with Crippen LogP contribution in [0.25, 0.3) is 0 Å². The van der Waals surface area contributed by atoms with Gasteiger partial charge in [-0.05, 0) is 24.3 Å². The van der Waals surface area contributed by atoms with Gasteiger partial charge in [0.2, 0.25) is 5.91 Å². The van der Waals surface area contributed by atoms with E-state index in [1.807, 2.05) is 0 Å². The molecule has 0 fully saturated rings. The van der Waals surface area contributed by atoms with Crippen molar-refractivity contribution in [3.05, 3.63) is 54.1 Å². The number of ether oxygens (including phenoxy) is 2. The number of fused-ring (bicyclic) bond motifs is 1. The van der Waals surface area contributed by atoms with Crippen LogP contribution < -0.4 is 15.4 Å². The Bertz CT molecular complexity index is 1080. The van der Waals surface area contributed by atoms with Gasteiger partial charge in [0.25, 0.3) is 5.91 Å². The molecule has 1 heterocycles. The van der Waals surface area contributed by atoms with E-state index in [0.29, 0.717) is 16.3 Å². The van der Waals surface area contributed by atoms with Crippen molar-refractivity contribution in [2.75, 3.05) is 23.8 Å². The smallest absolute Gasteiger partial charge is 0.339 e. The molecule has 1 aliphatic heterocycles. The average Bonchev–Trinajstić information content (AvgIpc) is 2.79. The molecule has 3 rings (SSSR count). The second kappa shape index (κ2) is 10.1. The van der Waals surface area contributed by atoms with Crippen LogP contribution in [-0.4, -0.2) is 48.6 Å². The first-order valence-electron chi connectivity index (χ1n) is 10.4. The topological polar surface area (TPSA) is 116 Å². The molecule has 1 atom stereocenters. The predicted octanol–water partition coefficient (Wildman–Crippen LogP) is 2.83. The fraction of sp³-hybridized carbons (Fsp3) is 0.333. The minimum absolute atomic E-state index is 0.00431. The van der Waals surface area contributed by atoms with Gasteiger partial charge in [0.1, 0.15) is 5.75 Å². The molecule has 9 heteroatoms. The molecule has 0 bridgehead atoms. The summed E-state index contributed by atoms with van der Waals surface area (Å²) < 4.78 is 10.8. The summed E-state index contributed by atoms with van der Waals surface area (Å²) in [5, 5.41) is 0. The molecule has 174 valence electrons. The lowest BCUT2D eigenvalue weighted by molar-refractivity contribution is -0.129. The first-order chi connectivity index (χ1) is 15.6. The summed E-state index contributed by atoms with van der Waals surface area (Å²) in [6, 6.07) is 13.6. The minimum atomic E-state index is -0.948. The number of carbonyl (C=O) groups excluding carboxylic acids is 4. The number of nitrogens with two attached hydrogens (primary N) is 1. The maximum atomic E-state index is 13.0. The molecule has 0 saturated carbocycles. The van der Waals surface area contributed by atoms with E-state index >= 15 is 0 Å². The zero-order valence-corrected chi connectivity index (χ0v) is 19.5. The summed E-state index contributed by atoms with van der Waals surface area (Å²) in [5.41, 5.74) is 5.61. The fourth-order valence-corrected chi connectivity index (χ4v) is 3.94. The second-order valence-corrected chi connectivity index (χ2v) is 9.53. The van der Waals surface area contributed by atoms with Crippen LogP contribution in [0.5, 0.6) is 5.75 Å². The van der Waals surface area contributed by atoms with Gasteiger partial charge in [0.15, 0.2) is 18.5 Å². The monoisotopic (exact) mass is 470 g/mol. The number of benzene rings is 2. The largest absolute Gasteiger partial charge is 0.477 e. The quantitative estimate of drug-likeness (QED) is 0.489. The van der Waals surface area contributed by atoms with E-state index in [0.717, 1.165) is 0 Å². The number of ketones is 1. The molecule has 0 saturated heterocycles. The number of anilines is 1. The van der Waals surface area contributed by atoms with Gasteiger partial charge in [-0.2, -0.15) is 0 Å². The third-order valence-corrected chi connectivity index (χ3v) is 6.08. The first-order valence-corrected chi connectivity index (χ1v) is 11.3. The van der Waals surface area contributed by atoms with Crippen molar-refractivity contribution in [1.29, 1.82) is 0 Å². The van der Waals surface area contributed by atoms with E-state index in [1.54, 1.807) is 69.3 Å². The number of Topliss-reactive ketones (excluding diaryl/α,β-unsaturated/α-hetero) is 1. The lowest BCUT2D eigenvalue weighted by Crippen LogP contribution is -2.49. The normalized spacial score (nSPS) is 15.2. The molecule has 0 spiro atoms. The molecular weight excluding hydrogens is 444 g/mol. The van der Waals surface area contributed by atoms with Gasteiger partial charge >= 0.3 is 5.97 Å². The third-order valence-electron chi connectivity index (χ3n) is 5.02. The molecule has 2 amide bonds. The lowest BCUT2D eigenvalue weighted by atomic mass is 9.91. The van der Waals surface area contributed by atoms with E-state index in [9.17, 15) is 19.2 Å². The molecular formula is C24H26N2O6S. The molecule has 2 N–H and O–H groups in total. The number of hydrogen-bond donors (Lipinski definition) is 1. The molecule has 2 aromatic rings. The number of nitrogens with zero attached hydrogens (tertiary/aromatic N) is 1. The maximum Gasteiger partial charge on any atom is 0.339 e. The van der Waals surface area contributed by atoms with Gasteiger partial charge in [-0.25, -0.2) is 4.79 Å². The average molecular weight is 471 g/mol. The van der Waals surface area contributed by atoms with Crippen molar-refractivity contribution < 1.29 is 28.7 Å². The first kappa shape index (κ1) is 24.3. The van der Waals surface area contributed by atoms with E-state index in [-0.39, 0.29) is 36.2 Å². The van der Waals surface area contributed by atoms with Crippen molar-refractivity contribution in [2.24, 2.45) is 11.1 Å². The Kier molecular flexibility index (Phi) is 7.43. The standard InChI is InChI=1S/C24H26N2O6S/c1-24(2,3)20(27)13-31-23(30)15-8-4-7-11-19(15)33-14-21(28)26-12-18(22(25)29)32-17-10-6-5-9-16(17)26/h4-11,18H,12-14H2,1-3H3,(H2,25,29)/t18-/m0/s1. The van der Waals surface area contributed by atoms with Crippen LogP contribution in [0.15, 0.2) is 53.4 Å². The van der Waals surface area contributed by atoms with Crippen molar-refractivity contribution in [3.8, 4) is 5.75 Å². The number of primary amides is 1. The van der Waals surface area contributed by atoms with E-state index in [4.69, 9.17) is 15.2 Å². The Hall–Kier alpha value is -3.33. The van der Waals surface area contributed by atoms with Crippen LogP contribution in [0.3, 0.4) is 0 Å². The highest BCUT2D eigenvalue weighted by atomic mass is 32.2. The fourth-order valence-electron chi connectivity index (χ4n) is 3.02. The number of rotatable bonds is 7. The second-order valence-electron chi connectivity index (χ2n) is 8.52. The Morgan fingerprint density at radius 3 is 2.45 bits per heavy atom. The summed E-state index contributed by atoms with van der Waals surface area (Å²) in [7, 11) is 0. The Morgan fingerprint density at radius 2 is 1.76 bits per heavy atom. The molecule has 0 aliphatic carbocycles. The van der Waals surface area contributed by atoms with Crippen LogP contribution in [0.1, 0.15) is 31.1 Å². The molecule has 33 heavy (non-hydrogen) atoms. The summed E-state index contributed by atoms with van der Waals surface area (Å²) in [4.78, 5) is 51.4. The Balaban J connectivity index is 1.70. The van der Waals surface area contributed by atoms with E-state index in [2.05, 4.69) is 0 Å². The molecule has 8 nitrogen and oxygen atoms in total. The van der Waals surface area contributed by atoms with Crippen molar-refractivity contribution >= 4 is 41.0 Å². The number of para-hydroxylation sites is 2. The highest BCUT2D eigenvalue weighted by Gasteiger charge is 2.32. The number of thioether (sulfide) groups is 1. The van der Waals surface area contributed by atoms with Crippen molar-refractivity contribution in [3.63, 3.8) is 0 Å². The summed E-state index contributed by atoms with van der Waals surface area (Å²) >= 11 is 1.17. The van der Waals surface area contributed by atoms with Crippen LogP contribution in [-0.2, 0) is 19.1 Å². The van der Waals surface area contributed by atoms with Crippen LogP contribution >= 0.6 is 11.8 Å².